The molecule has 0 bridgehead atoms. The van der Waals surface area contributed by atoms with Gasteiger partial charge in [-0.3, -0.25) is 4.98 Å². The summed E-state index contributed by atoms with van der Waals surface area (Å²) in [5.41, 5.74) is 4.61. The zero-order chi connectivity index (χ0) is 25.8. The van der Waals surface area contributed by atoms with Crippen LogP contribution in [0, 0.1) is 0 Å². The lowest BCUT2D eigenvalue weighted by Crippen LogP contribution is -2.33. The topological polar surface area (TPSA) is 62.8 Å². The van der Waals surface area contributed by atoms with Gasteiger partial charge in [0.05, 0.1) is 0 Å². The first kappa shape index (κ1) is 21.8. The van der Waals surface area contributed by atoms with Crippen LogP contribution in [-0.4, -0.2) is 16.7 Å². The monoisotopic (exact) mass is 502 g/mol. The number of pyridine rings is 1. The molecular weight excluding hydrogens is 480 g/mol. The van der Waals surface area contributed by atoms with Crippen molar-refractivity contribution < 1.29 is 4.42 Å². The fourth-order valence-electron chi connectivity index (χ4n) is 5.46. The van der Waals surface area contributed by atoms with Crippen LogP contribution in [0.25, 0.3) is 43.5 Å². The van der Waals surface area contributed by atoms with Gasteiger partial charge in [-0.05, 0) is 51.4 Å². The second-order valence-electron chi connectivity index (χ2n) is 9.78. The average molecular weight is 503 g/mol. The summed E-state index contributed by atoms with van der Waals surface area (Å²) >= 11 is 0. The molecule has 1 atom stereocenters. The number of rotatable bonds is 3. The summed E-state index contributed by atoms with van der Waals surface area (Å²) in [5, 5.41) is 10.3. The Hall–Kier alpha value is -5.29. The maximum absolute atomic E-state index is 6.15. The van der Waals surface area contributed by atoms with E-state index in [4.69, 9.17) is 14.4 Å². The van der Waals surface area contributed by atoms with Gasteiger partial charge >= 0.3 is 0 Å². The van der Waals surface area contributed by atoms with Crippen molar-refractivity contribution in [1.29, 1.82) is 0 Å². The molecule has 5 heteroatoms. The lowest BCUT2D eigenvalue weighted by Gasteiger charge is -2.24. The van der Waals surface area contributed by atoms with Crippen LogP contribution in [0.4, 0.5) is 0 Å². The van der Waals surface area contributed by atoms with Crippen molar-refractivity contribution in [1.82, 2.24) is 10.3 Å². The highest BCUT2D eigenvalue weighted by Gasteiger charge is 2.24. The van der Waals surface area contributed by atoms with Crippen molar-refractivity contribution in [3.63, 3.8) is 0 Å². The molecular formula is C34H22N4O. The van der Waals surface area contributed by atoms with Crippen molar-refractivity contribution in [2.45, 2.75) is 6.17 Å². The maximum atomic E-state index is 6.15. The van der Waals surface area contributed by atoms with Gasteiger partial charge < -0.3 is 9.73 Å². The molecule has 0 saturated carbocycles. The number of fused-ring (bicyclic) bond motifs is 5. The molecule has 0 radical (unpaired) electrons. The second kappa shape index (κ2) is 8.64. The third-order valence-corrected chi connectivity index (χ3v) is 7.39. The van der Waals surface area contributed by atoms with Gasteiger partial charge in [0.25, 0.3) is 0 Å². The van der Waals surface area contributed by atoms with Crippen LogP contribution in [0.2, 0.25) is 0 Å². The summed E-state index contributed by atoms with van der Waals surface area (Å²) in [7, 11) is 0. The normalized spacial score (nSPS) is 15.4. The number of amidine groups is 2. The van der Waals surface area contributed by atoms with Crippen molar-refractivity contribution in [3.8, 4) is 0 Å². The molecule has 5 nitrogen and oxygen atoms in total. The molecule has 3 heterocycles. The van der Waals surface area contributed by atoms with Gasteiger partial charge in [0.15, 0.2) is 5.84 Å². The van der Waals surface area contributed by atoms with E-state index >= 15 is 0 Å². The number of nitrogens with zero attached hydrogens (tertiary/aromatic N) is 3. The van der Waals surface area contributed by atoms with E-state index in [2.05, 4.69) is 101 Å². The zero-order valence-electron chi connectivity index (χ0n) is 20.9. The molecule has 1 aliphatic heterocycles. The minimum atomic E-state index is -0.310. The molecule has 8 rings (SSSR count). The van der Waals surface area contributed by atoms with Crippen LogP contribution in [0.1, 0.15) is 22.9 Å². The van der Waals surface area contributed by atoms with E-state index in [1.165, 1.54) is 16.2 Å². The molecule has 184 valence electrons. The maximum Gasteiger partial charge on any atom is 0.159 e. The fourth-order valence-corrected chi connectivity index (χ4v) is 5.46. The molecule has 0 aliphatic carbocycles. The smallest absolute Gasteiger partial charge is 0.159 e. The second-order valence-corrected chi connectivity index (χ2v) is 9.78. The Morgan fingerprint density at radius 1 is 0.667 bits per heavy atom. The molecule has 0 spiro atoms. The van der Waals surface area contributed by atoms with E-state index in [0.717, 1.165) is 49.9 Å². The number of aromatic nitrogens is 1. The Morgan fingerprint density at radius 3 is 2.28 bits per heavy atom. The van der Waals surface area contributed by atoms with Crippen LogP contribution in [0.15, 0.2) is 136 Å². The van der Waals surface area contributed by atoms with E-state index in [9.17, 15) is 0 Å². The first-order valence-corrected chi connectivity index (χ1v) is 13.0. The number of aliphatic imine (C=N–C) groups is 2. The molecule has 0 amide bonds. The van der Waals surface area contributed by atoms with E-state index in [-0.39, 0.29) is 6.17 Å². The Bertz CT molecular complexity index is 2120. The number of hydrogen-bond acceptors (Lipinski definition) is 5. The molecule has 0 saturated heterocycles. The summed E-state index contributed by atoms with van der Waals surface area (Å²) in [6.45, 7) is 0. The number of furan rings is 1. The van der Waals surface area contributed by atoms with Crippen molar-refractivity contribution in [3.05, 3.63) is 138 Å². The largest absolute Gasteiger partial charge is 0.456 e. The van der Waals surface area contributed by atoms with Gasteiger partial charge in [-0.1, -0.05) is 84.9 Å². The Kier molecular flexibility index (Phi) is 4.82. The highest BCUT2D eigenvalue weighted by atomic mass is 16.3. The standard InChI is InChI=1S/C34H22N4O/c1-3-8-23-18-25(14-12-21(23)6-1)32-36-33(26-15-13-22-7-2-4-9-24(22)19-26)38-34(37-32)27-10-5-11-30-31(27)28-20-35-17-16-29(28)39-30/h1-20,32H,(H,36,37,38). The zero-order valence-corrected chi connectivity index (χ0v) is 20.9. The van der Waals surface area contributed by atoms with Crippen molar-refractivity contribution >= 4 is 55.2 Å². The summed E-state index contributed by atoms with van der Waals surface area (Å²) in [4.78, 5) is 14.6. The van der Waals surface area contributed by atoms with Gasteiger partial charge in [0, 0.05) is 34.3 Å². The lowest BCUT2D eigenvalue weighted by atomic mass is 10.0. The van der Waals surface area contributed by atoms with Crippen LogP contribution in [0.5, 0.6) is 0 Å². The van der Waals surface area contributed by atoms with E-state index in [0.29, 0.717) is 5.84 Å². The van der Waals surface area contributed by atoms with Crippen LogP contribution >= 0.6 is 0 Å². The van der Waals surface area contributed by atoms with E-state index in [1.807, 2.05) is 24.4 Å². The molecule has 0 fully saturated rings. The molecule has 7 aromatic rings. The SMILES string of the molecule is c1ccc2cc(C3=NC(c4ccc5ccccc5c4)NC(c4cccc5oc6ccncc6c45)=N3)ccc2c1. The third kappa shape index (κ3) is 3.67. The van der Waals surface area contributed by atoms with Gasteiger partial charge in [-0.15, -0.1) is 0 Å². The molecule has 2 aromatic heterocycles. The van der Waals surface area contributed by atoms with Gasteiger partial charge in [0.1, 0.15) is 23.2 Å². The van der Waals surface area contributed by atoms with Crippen LogP contribution in [0.3, 0.4) is 0 Å². The first-order chi connectivity index (χ1) is 19.3. The highest BCUT2D eigenvalue weighted by molar-refractivity contribution is 6.21. The van der Waals surface area contributed by atoms with Gasteiger partial charge in [-0.2, -0.15) is 0 Å². The number of benzene rings is 5. The number of nitrogens with one attached hydrogen (secondary N) is 1. The number of hydrogen-bond donors (Lipinski definition) is 1. The predicted molar refractivity (Wildman–Crippen MR) is 158 cm³/mol. The quantitative estimate of drug-likeness (QED) is 0.268. The first-order valence-electron chi connectivity index (χ1n) is 13.0. The molecule has 1 unspecified atom stereocenters. The summed E-state index contributed by atoms with van der Waals surface area (Å²) in [6.07, 6.45) is 3.30. The van der Waals surface area contributed by atoms with Gasteiger partial charge in [-0.25, -0.2) is 9.98 Å². The minimum Gasteiger partial charge on any atom is -0.456 e. The summed E-state index contributed by atoms with van der Waals surface area (Å²) in [6, 6.07) is 37.6. The molecule has 1 aliphatic rings. The lowest BCUT2D eigenvalue weighted by molar-refractivity contribution is 0.667. The Balaban J connectivity index is 1.33. The van der Waals surface area contributed by atoms with Crippen LogP contribution < -0.4 is 5.32 Å². The van der Waals surface area contributed by atoms with Gasteiger partial charge in [0.2, 0.25) is 0 Å². The van der Waals surface area contributed by atoms with E-state index in [1.54, 1.807) is 6.20 Å². The minimum absolute atomic E-state index is 0.310. The van der Waals surface area contributed by atoms with E-state index < -0.39 is 0 Å². The van der Waals surface area contributed by atoms with Crippen LogP contribution in [-0.2, 0) is 0 Å². The fraction of sp³-hybridized carbons (Fsp3) is 0.0294. The average Bonchev–Trinajstić information content (AvgIpc) is 3.39. The Labute approximate surface area is 224 Å². The highest BCUT2D eigenvalue weighted by Crippen LogP contribution is 2.33. The molecule has 39 heavy (non-hydrogen) atoms. The summed E-state index contributed by atoms with van der Waals surface area (Å²) in [5.74, 6) is 1.44. The molecule has 1 N–H and O–H groups in total. The summed E-state index contributed by atoms with van der Waals surface area (Å²) < 4.78 is 6.15. The van der Waals surface area contributed by atoms with Crippen molar-refractivity contribution in [2.75, 3.05) is 0 Å². The Morgan fingerprint density at radius 2 is 1.44 bits per heavy atom. The third-order valence-electron chi connectivity index (χ3n) is 7.39. The van der Waals surface area contributed by atoms with Crippen molar-refractivity contribution in [2.24, 2.45) is 9.98 Å². The molecule has 5 aromatic carbocycles. The predicted octanol–water partition coefficient (Wildman–Crippen LogP) is 7.78.